The summed E-state index contributed by atoms with van der Waals surface area (Å²) in [5, 5.41) is 6.74. The Hall–Kier alpha value is -2.08. The van der Waals surface area contributed by atoms with Gasteiger partial charge in [-0.2, -0.15) is 0 Å². The fraction of sp³-hybridized carbons (Fsp3) is 0.636. The van der Waals surface area contributed by atoms with Gasteiger partial charge in [0.2, 0.25) is 11.8 Å². The fourth-order valence-electron chi connectivity index (χ4n) is 5.04. The van der Waals surface area contributed by atoms with Crippen LogP contribution < -0.4 is 10.6 Å². The zero-order valence-electron chi connectivity index (χ0n) is 17.0. The monoisotopic (exact) mass is 384 g/mol. The lowest BCUT2D eigenvalue weighted by Gasteiger charge is -2.42. The zero-order valence-corrected chi connectivity index (χ0v) is 17.0. The summed E-state index contributed by atoms with van der Waals surface area (Å²) < 4.78 is 0. The van der Waals surface area contributed by atoms with Crippen molar-refractivity contribution in [2.24, 2.45) is 0 Å². The first kappa shape index (κ1) is 19.2. The first-order valence-electron chi connectivity index (χ1n) is 10.7. The average molecular weight is 385 g/mol. The molecule has 0 radical (unpaired) electrons. The number of piperazine rings is 1. The molecule has 4 rings (SSSR count). The Labute approximate surface area is 167 Å². The number of hydrogen-bond donors (Lipinski definition) is 2. The number of nitrogens with zero attached hydrogens (tertiary/aromatic N) is 2. The minimum absolute atomic E-state index is 0.127. The number of benzene rings is 1. The first-order valence-corrected chi connectivity index (χ1v) is 10.7. The van der Waals surface area contributed by atoms with Crippen LogP contribution in [0.15, 0.2) is 18.2 Å². The second kappa shape index (κ2) is 8.11. The molecule has 0 bridgehead atoms. The lowest BCUT2D eigenvalue weighted by atomic mass is 9.89. The van der Waals surface area contributed by atoms with Crippen LogP contribution >= 0.6 is 0 Å². The molecule has 152 valence electrons. The molecule has 2 fully saturated rings. The van der Waals surface area contributed by atoms with Gasteiger partial charge < -0.3 is 15.5 Å². The third kappa shape index (κ3) is 4.02. The van der Waals surface area contributed by atoms with Crippen LogP contribution in [0.3, 0.4) is 0 Å². The Morgan fingerprint density at radius 2 is 1.93 bits per heavy atom. The van der Waals surface area contributed by atoms with Gasteiger partial charge in [0.15, 0.2) is 0 Å². The fourth-order valence-corrected chi connectivity index (χ4v) is 5.04. The molecule has 0 aromatic heterocycles. The molecule has 1 unspecified atom stereocenters. The Balaban J connectivity index is 1.29. The average Bonchev–Trinajstić information content (AvgIpc) is 3.14. The maximum absolute atomic E-state index is 12.9. The molecule has 2 aliphatic heterocycles. The van der Waals surface area contributed by atoms with Crippen LogP contribution in [0.25, 0.3) is 0 Å². The van der Waals surface area contributed by atoms with Gasteiger partial charge in [0.05, 0.1) is 0 Å². The molecule has 3 aliphatic rings. The summed E-state index contributed by atoms with van der Waals surface area (Å²) in [5.41, 5.74) is 3.58. The number of para-hydroxylation sites is 1. The highest BCUT2D eigenvalue weighted by atomic mass is 16.2. The molecule has 1 aromatic rings. The molecule has 6 nitrogen and oxygen atoms in total. The van der Waals surface area contributed by atoms with Crippen molar-refractivity contribution in [2.45, 2.75) is 64.1 Å². The van der Waals surface area contributed by atoms with Crippen molar-refractivity contribution in [2.75, 3.05) is 31.5 Å². The summed E-state index contributed by atoms with van der Waals surface area (Å²) in [6.45, 7) is 7.29. The number of aryl methyl sites for hydroxylation is 1. The number of fused-ring (bicyclic) bond motifs is 1. The van der Waals surface area contributed by atoms with Gasteiger partial charge >= 0.3 is 0 Å². The molecule has 0 spiro atoms. The van der Waals surface area contributed by atoms with Gasteiger partial charge in [0, 0.05) is 57.3 Å². The number of amides is 2. The van der Waals surface area contributed by atoms with E-state index in [1.165, 1.54) is 17.5 Å². The van der Waals surface area contributed by atoms with Crippen molar-refractivity contribution in [3.05, 3.63) is 29.3 Å². The molecule has 1 aliphatic carbocycles. The molecule has 2 N–H and O–H groups in total. The van der Waals surface area contributed by atoms with Crippen LogP contribution in [0.5, 0.6) is 0 Å². The van der Waals surface area contributed by atoms with Crippen LogP contribution in [-0.2, 0) is 16.0 Å². The van der Waals surface area contributed by atoms with Crippen molar-refractivity contribution < 1.29 is 9.59 Å². The quantitative estimate of drug-likeness (QED) is 0.836. The maximum atomic E-state index is 12.9. The van der Waals surface area contributed by atoms with Crippen molar-refractivity contribution in [3.63, 3.8) is 0 Å². The van der Waals surface area contributed by atoms with Crippen LogP contribution in [0.2, 0.25) is 0 Å². The van der Waals surface area contributed by atoms with E-state index in [2.05, 4.69) is 40.7 Å². The van der Waals surface area contributed by atoms with Gasteiger partial charge in [-0.05, 0) is 43.7 Å². The SMILES string of the molecule is CC(=O)N1CCN([C@H]2CCC[C@@H](NC(=O)C3Cc4cccc(C)c4N3)C2)CC1. The Bertz CT molecular complexity index is 742. The molecule has 2 heterocycles. The van der Waals surface area contributed by atoms with Crippen molar-refractivity contribution in [3.8, 4) is 0 Å². The maximum Gasteiger partial charge on any atom is 0.243 e. The second-order valence-electron chi connectivity index (χ2n) is 8.58. The zero-order chi connectivity index (χ0) is 19.7. The highest BCUT2D eigenvalue weighted by molar-refractivity contribution is 5.88. The number of rotatable bonds is 3. The molecule has 1 saturated heterocycles. The predicted molar refractivity (Wildman–Crippen MR) is 110 cm³/mol. The topological polar surface area (TPSA) is 64.7 Å². The number of carbonyl (C=O) groups excluding carboxylic acids is 2. The molecular weight excluding hydrogens is 352 g/mol. The van der Waals surface area contributed by atoms with E-state index in [1.54, 1.807) is 6.92 Å². The smallest absolute Gasteiger partial charge is 0.243 e. The summed E-state index contributed by atoms with van der Waals surface area (Å²) in [4.78, 5) is 28.9. The van der Waals surface area contributed by atoms with E-state index in [9.17, 15) is 9.59 Å². The van der Waals surface area contributed by atoms with Crippen molar-refractivity contribution >= 4 is 17.5 Å². The molecule has 3 atom stereocenters. The van der Waals surface area contributed by atoms with Crippen LogP contribution in [-0.4, -0.2) is 65.9 Å². The van der Waals surface area contributed by atoms with Crippen molar-refractivity contribution in [1.82, 2.24) is 15.1 Å². The highest BCUT2D eigenvalue weighted by Crippen LogP contribution is 2.30. The summed E-state index contributed by atoms with van der Waals surface area (Å²) in [6, 6.07) is 6.88. The summed E-state index contributed by atoms with van der Waals surface area (Å²) in [6.07, 6.45) is 5.20. The second-order valence-corrected chi connectivity index (χ2v) is 8.58. The third-order valence-electron chi connectivity index (χ3n) is 6.69. The van der Waals surface area contributed by atoms with E-state index in [1.807, 2.05) is 4.90 Å². The Morgan fingerprint density at radius 1 is 1.14 bits per heavy atom. The van der Waals surface area contributed by atoms with E-state index in [4.69, 9.17) is 0 Å². The van der Waals surface area contributed by atoms with Gasteiger partial charge in [-0.3, -0.25) is 14.5 Å². The number of carbonyl (C=O) groups is 2. The van der Waals surface area contributed by atoms with E-state index < -0.39 is 0 Å². The first-order chi connectivity index (χ1) is 13.5. The number of nitrogens with one attached hydrogen (secondary N) is 2. The molecule has 28 heavy (non-hydrogen) atoms. The Kier molecular flexibility index (Phi) is 5.58. The molecule has 1 saturated carbocycles. The van der Waals surface area contributed by atoms with Gasteiger partial charge in [0.25, 0.3) is 0 Å². The van der Waals surface area contributed by atoms with E-state index in [-0.39, 0.29) is 23.9 Å². The summed E-state index contributed by atoms with van der Waals surface area (Å²) >= 11 is 0. The number of anilines is 1. The third-order valence-corrected chi connectivity index (χ3v) is 6.69. The lowest BCUT2D eigenvalue weighted by molar-refractivity contribution is -0.131. The van der Waals surface area contributed by atoms with Gasteiger partial charge in [-0.1, -0.05) is 18.2 Å². The van der Waals surface area contributed by atoms with E-state index in [0.29, 0.717) is 6.04 Å². The lowest BCUT2D eigenvalue weighted by Crippen LogP contribution is -2.54. The van der Waals surface area contributed by atoms with Crippen LogP contribution in [0, 0.1) is 6.92 Å². The molecule has 2 amide bonds. The van der Waals surface area contributed by atoms with E-state index >= 15 is 0 Å². The largest absolute Gasteiger partial charge is 0.373 e. The summed E-state index contributed by atoms with van der Waals surface area (Å²) in [5.74, 6) is 0.302. The van der Waals surface area contributed by atoms with Gasteiger partial charge in [-0.25, -0.2) is 0 Å². The minimum Gasteiger partial charge on any atom is -0.373 e. The van der Waals surface area contributed by atoms with Crippen LogP contribution in [0.1, 0.15) is 43.7 Å². The molecule has 6 heteroatoms. The van der Waals surface area contributed by atoms with Gasteiger partial charge in [-0.15, -0.1) is 0 Å². The van der Waals surface area contributed by atoms with Gasteiger partial charge in [0.1, 0.15) is 6.04 Å². The summed E-state index contributed by atoms with van der Waals surface area (Å²) in [7, 11) is 0. The predicted octanol–water partition coefficient (Wildman–Crippen LogP) is 1.92. The molecule has 1 aromatic carbocycles. The molecular formula is C22H32N4O2. The van der Waals surface area contributed by atoms with Crippen LogP contribution in [0.4, 0.5) is 5.69 Å². The normalized spacial score (nSPS) is 27.8. The minimum atomic E-state index is -0.157. The van der Waals surface area contributed by atoms with E-state index in [0.717, 1.165) is 57.5 Å². The van der Waals surface area contributed by atoms with Crippen molar-refractivity contribution in [1.29, 1.82) is 0 Å². The number of hydrogen-bond acceptors (Lipinski definition) is 4. The highest BCUT2D eigenvalue weighted by Gasteiger charge is 2.33. The Morgan fingerprint density at radius 3 is 2.64 bits per heavy atom. The standard InChI is InChI=1S/C22H32N4O2/c1-15-5-3-6-17-13-20(24-21(15)17)22(28)23-18-7-4-8-19(14-18)26-11-9-25(10-12-26)16(2)27/h3,5-6,18-20,24H,4,7-14H2,1-2H3,(H,23,28)/t18-,19+,20?/m1/s1.